The molecule has 7 heteroatoms. The van der Waals surface area contributed by atoms with Crippen molar-refractivity contribution in [3.8, 4) is 29.0 Å². The number of aromatic nitrogens is 1. The quantitative estimate of drug-likeness (QED) is 0.176. The minimum atomic E-state index is -0.975. The third kappa shape index (κ3) is 5.79. The van der Waals surface area contributed by atoms with Gasteiger partial charge in [0.25, 0.3) is 0 Å². The van der Waals surface area contributed by atoms with Crippen LogP contribution in [0.2, 0.25) is 0 Å². The van der Waals surface area contributed by atoms with Gasteiger partial charge in [-0.3, -0.25) is 8.77 Å². The molecule has 0 radical (unpaired) electrons. The lowest BCUT2D eigenvalue weighted by Gasteiger charge is -2.14. The first kappa shape index (κ1) is 28.2. The second-order valence-corrected chi connectivity index (χ2v) is 12.1. The van der Waals surface area contributed by atoms with E-state index in [1.54, 1.807) is 31.9 Å². The van der Waals surface area contributed by atoms with Crippen molar-refractivity contribution in [3.05, 3.63) is 106 Å². The molecule has 41 heavy (non-hydrogen) atoms. The van der Waals surface area contributed by atoms with Crippen LogP contribution in [0.15, 0.2) is 88.7 Å². The average molecular weight is 579 g/mol. The van der Waals surface area contributed by atoms with E-state index >= 15 is 0 Å². The summed E-state index contributed by atoms with van der Waals surface area (Å²) in [6.07, 6.45) is 8.70. The summed E-state index contributed by atoms with van der Waals surface area (Å²) < 4.78 is 21.8. The Morgan fingerprint density at radius 3 is 2.68 bits per heavy atom. The Labute approximate surface area is 247 Å². The van der Waals surface area contributed by atoms with Gasteiger partial charge in [0, 0.05) is 27.0 Å². The molecule has 2 heterocycles. The van der Waals surface area contributed by atoms with Crippen molar-refractivity contribution in [2.24, 2.45) is 5.41 Å². The van der Waals surface area contributed by atoms with Crippen LogP contribution in [0.25, 0.3) is 27.6 Å². The predicted octanol–water partition coefficient (Wildman–Crippen LogP) is 8.72. The molecule has 4 nitrogen and oxygen atoms in total. The summed E-state index contributed by atoms with van der Waals surface area (Å²) >= 11 is 2.91. The number of thiophene rings is 1. The number of rotatable bonds is 5. The number of nitrogens with zero attached hydrogens (tertiary/aromatic N) is 2. The number of allylic oxidation sites excluding steroid dienone is 6. The van der Waals surface area contributed by atoms with Gasteiger partial charge in [-0.1, -0.05) is 47.8 Å². The van der Waals surface area contributed by atoms with Crippen LogP contribution in [-0.2, 0) is 9.53 Å². The zero-order chi connectivity index (χ0) is 29.1. The van der Waals surface area contributed by atoms with Crippen molar-refractivity contribution in [2.45, 2.75) is 32.1 Å². The van der Waals surface area contributed by atoms with Crippen molar-refractivity contribution >= 4 is 45.7 Å². The highest BCUT2D eigenvalue weighted by Crippen LogP contribution is 2.45. The molecule has 0 fully saturated rings. The number of carbonyl (C=O) groups is 1. The van der Waals surface area contributed by atoms with Gasteiger partial charge in [-0.25, -0.2) is 4.39 Å². The number of nitriles is 1. The number of hydrogen-bond acceptors (Lipinski definition) is 5. The first-order valence-electron chi connectivity index (χ1n) is 13.0. The number of carbonyl (C=O) groups excluding carboxylic acids is 1. The van der Waals surface area contributed by atoms with E-state index in [-0.39, 0.29) is 5.82 Å². The summed E-state index contributed by atoms with van der Waals surface area (Å²) in [7, 11) is 1.35. The fraction of sp³-hybridized carbons (Fsp3) is 0.176. The van der Waals surface area contributed by atoms with E-state index in [9.17, 15) is 14.4 Å². The van der Waals surface area contributed by atoms with Gasteiger partial charge in [0.2, 0.25) is 0 Å². The standard InChI is InChI=1S/C34H27FN2O2S2/c1-22-9-12-26(13-10-22)41-37-29-14-11-25(35)20-28(29)31(27-16-18-40-30(27)21-36)32(37)24-8-6-5-7-23(19-24)15-17-34(2,3)33(38)39-4/h5,7-14,16,18-20H,6H2,1-4H3. The van der Waals surface area contributed by atoms with Gasteiger partial charge in [0.15, 0.2) is 0 Å². The molecule has 2 aromatic heterocycles. The molecule has 0 saturated heterocycles. The van der Waals surface area contributed by atoms with Crippen LogP contribution in [-0.4, -0.2) is 17.1 Å². The first-order chi connectivity index (χ1) is 19.7. The van der Waals surface area contributed by atoms with E-state index in [1.807, 2.05) is 36.6 Å². The van der Waals surface area contributed by atoms with Crippen LogP contribution in [0.5, 0.6) is 0 Å². The average Bonchev–Trinajstić information content (AvgIpc) is 3.46. The number of esters is 1. The number of hydrogen-bond donors (Lipinski definition) is 0. The smallest absolute Gasteiger partial charge is 0.323 e. The van der Waals surface area contributed by atoms with Crippen LogP contribution >= 0.6 is 23.3 Å². The Hall–Kier alpha value is -4.30. The van der Waals surface area contributed by atoms with Gasteiger partial charge in [-0.2, -0.15) is 5.26 Å². The SMILES string of the molecule is COC(=O)C(C)(C)C#CC1=CC(c2c(-c3ccsc3C#N)c3cc(F)ccc3n2Sc2ccc(C)cc2)=CCC=C1. The molecular formula is C34H27FN2O2S2. The van der Waals surface area contributed by atoms with Gasteiger partial charge in [0.1, 0.15) is 22.2 Å². The summed E-state index contributed by atoms with van der Waals surface area (Å²) in [6.45, 7) is 5.50. The van der Waals surface area contributed by atoms with Gasteiger partial charge < -0.3 is 4.74 Å². The molecule has 1 aliphatic carbocycles. The third-order valence-electron chi connectivity index (χ3n) is 6.71. The molecule has 204 valence electrons. The molecule has 0 N–H and O–H groups in total. The van der Waals surface area contributed by atoms with Crippen molar-refractivity contribution in [1.82, 2.24) is 3.97 Å². The molecule has 0 spiro atoms. The third-order valence-corrected chi connectivity index (χ3v) is 8.58. The van der Waals surface area contributed by atoms with Crippen molar-refractivity contribution in [1.29, 1.82) is 5.26 Å². The van der Waals surface area contributed by atoms with Gasteiger partial charge in [0.05, 0.1) is 18.3 Å². The lowest BCUT2D eigenvalue weighted by molar-refractivity contribution is -0.147. The zero-order valence-electron chi connectivity index (χ0n) is 23.1. The molecule has 0 bridgehead atoms. The number of aryl methyl sites for hydroxylation is 1. The number of fused-ring (bicyclic) bond motifs is 1. The summed E-state index contributed by atoms with van der Waals surface area (Å²) in [5, 5.41) is 12.6. The fourth-order valence-corrected chi connectivity index (χ4v) is 6.31. The highest BCUT2D eigenvalue weighted by molar-refractivity contribution is 7.98. The van der Waals surface area contributed by atoms with Gasteiger partial charge >= 0.3 is 5.97 Å². The minimum absolute atomic E-state index is 0.347. The van der Waals surface area contributed by atoms with E-state index < -0.39 is 11.4 Å². The maximum atomic E-state index is 14.8. The maximum Gasteiger partial charge on any atom is 0.323 e. The first-order valence-corrected chi connectivity index (χ1v) is 14.6. The summed E-state index contributed by atoms with van der Waals surface area (Å²) in [6, 6.07) is 17.3. The Morgan fingerprint density at radius 1 is 1.17 bits per heavy atom. The Kier molecular flexibility index (Phi) is 8.03. The highest BCUT2D eigenvalue weighted by atomic mass is 32.2. The van der Waals surface area contributed by atoms with Gasteiger partial charge in [-0.15, -0.1) is 11.3 Å². The summed E-state index contributed by atoms with van der Waals surface area (Å²) in [4.78, 5) is 13.8. The number of benzene rings is 2. The molecule has 5 rings (SSSR count). The van der Waals surface area contributed by atoms with E-state index in [0.717, 1.165) is 49.3 Å². The summed E-state index contributed by atoms with van der Waals surface area (Å²) in [5.41, 5.74) is 5.04. The van der Waals surface area contributed by atoms with E-state index in [2.05, 4.69) is 52.2 Å². The minimum Gasteiger partial charge on any atom is -0.468 e. The lowest BCUT2D eigenvalue weighted by atomic mass is 9.94. The normalized spacial score (nSPS) is 13.1. The van der Waals surface area contributed by atoms with E-state index in [1.165, 1.54) is 30.6 Å². The molecule has 0 amide bonds. The summed E-state index contributed by atoms with van der Waals surface area (Å²) in [5.74, 6) is 5.48. The Bertz CT molecular complexity index is 1850. The van der Waals surface area contributed by atoms with Gasteiger partial charge in [-0.05, 0) is 92.6 Å². The second-order valence-electron chi connectivity index (χ2n) is 10.1. The van der Waals surface area contributed by atoms with Crippen molar-refractivity contribution in [2.75, 3.05) is 7.11 Å². The van der Waals surface area contributed by atoms with Crippen molar-refractivity contribution < 1.29 is 13.9 Å². The molecule has 0 unspecified atom stereocenters. The van der Waals surface area contributed by atoms with Crippen LogP contribution in [0, 0.1) is 41.3 Å². The van der Waals surface area contributed by atoms with Crippen LogP contribution in [0.1, 0.15) is 36.4 Å². The molecular weight excluding hydrogens is 552 g/mol. The monoisotopic (exact) mass is 578 g/mol. The molecule has 2 aromatic carbocycles. The molecule has 0 saturated carbocycles. The highest BCUT2D eigenvalue weighted by Gasteiger charge is 2.27. The van der Waals surface area contributed by atoms with E-state index in [0.29, 0.717) is 11.3 Å². The fourth-order valence-electron chi connectivity index (χ4n) is 4.60. The van der Waals surface area contributed by atoms with Crippen molar-refractivity contribution in [3.63, 3.8) is 0 Å². The molecule has 1 aliphatic rings. The Balaban J connectivity index is 1.78. The van der Waals surface area contributed by atoms with Crippen LogP contribution in [0.4, 0.5) is 4.39 Å². The van der Waals surface area contributed by atoms with E-state index in [4.69, 9.17) is 4.74 Å². The zero-order valence-corrected chi connectivity index (χ0v) is 24.8. The maximum absolute atomic E-state index is 14.8. The molecule has 4 aromatic rings. The molecule has 0 atom stereocenters. The Morgan fingerprint density at radius 2 is 1.95 bits per heavy atom. The predicted molar refractivity (Wildman–Crippen MR) is 166 cm³/mol. The lowest BCUT2D eigenvalue weighted by Crippen LogP contribution is -2.23. The number of halogens is 1. The largest absolute Gasteiger partial charge is 0.468 e. The second kappa shape index (κ2) is 11.7. The topological polar surface area (TPSA) is 55.0 Å². The van der Waals surface area contributed by atoms with Crippen LogP contribution in [0.3, 0.4) is 0 Å². The number of methoxy groups -OCH3 is 1. The number of ether oxygens (including phenoxy) is 1. The molecule has 0 aliphatic heterocycles. The van der Waals surface area contributed by atoms with Crippen LogP contribution < -0.4 is 0 Å².